The molecule has 1 amide bonds. The molecule has 0 saturated carbocycles. The number of sulfone groups is 1. The molecule has 3 rings (SSSR count). The van der Waals surface area contributed by atoms with E-state index in [0.29, 0.717) is 23.9 Å². The molecule has 0 N–H and O–H groups in total. The number of hydrogen-bond donors (Lipinski definition) is 0. The first-order valence-electron chi connectivity index (χ1n) is 8.35. The molecule has 0 aliphatic carbocycles. The van der Waals surface area contributed by atoms with Crippen molar-refractivity contribution in [3.05, 3.63) is 40.9 Å². The predicted octanol–water partition coefficient (Wildman–Crippen LogP) is 0.822. The Bertz CT molecular complexity index is 952. The average Bonchev–Trinajstić information content (AvgIpc) is 2.95. The van der Waals surface area contributed by atoms with Gasteiger partial charge in [-0.3, -0.25) is 14.2 Å². The average molecular weight is 363 g/mol. The van der Waals surface area contributed by atoms with Gasteiger partial charge in [-0.05, 0) is 25.0 Å². The highest BCUT2D eigenvalue weighted by Gasteiger charge is 2.34. The van der Waals surface area contributed by atoms with Crippen molar-refractivity contribution < 1.29 is 13.2 Å². The molecule has 0 radical (unpaired) electrons. The molecule has 1 aliphatic heterocycles. The molecule has 2 heterocycles. The number of hydrogen-bond acceptors (Lipinski definition) is 5. The Labute approximate surface area is 146 Å². The fraction of sp³-hybridized carbons (Fsp3) is 0.471. The Hall–Kier alpha value is -2.22. The van der Waals surface area contributed by atoms with E-state index in [2.05, 4.69) is 4.98 Å². The molecule has 1 atom stereocenters. The number of fused-ring (bicyclic) bond motifs is 1. The van der Waals surface area contributed by atoms with Crippen LogP contribution in [0.15, 0.2) is 35.4 Å². The Balaban J connectivity index is 1.84. The molecule has 134 valence electrons. The van der Waals surface area contributed by atoms with Gasteiger partial charge in [0.05, 0.1) is 28.7 Å². The van der Waals surface area contributed by atoms with Gasteiger partial charge < -0.3 is 4.90 Å². The third kappa shape index (κ3) is 3.73. The molecule has 25 heavy (non-hydrogen) atoms. The Morgan fingerprint density at radius 1 is 1.36 bits per heavy atom. The number of aromatic nitrogens is 2. The van der Waals surface area contributed by atoms with E-state index in [1.165, 1.54) is 10.9 Å². The van der Waals surface area contributed by atoms with Gasteiger partial charge in [-0.25, -0.2) is 13.4 Å². The van der Waals surface area contributed by atoms with E-state index >= 15 is 0 Å². The topological polar surface area (TPSA) is 89.3 Å². The van der Waals surface area contributed by atoms with Gasteiger partial charge in [0.2, 0.25) is 5.91 Å². The zero-order valence-electron chi connectivity index (χ0n) is 14.1. The molecule has 8 heteroatoms. The van der Waals surface area contributed by atoms with Crippen LogP contribution in [0.2, 0.25) is 0 Å². The smallest absolute Gasteiger partial charge is 0.261 e. The summed E-state index contributed by atoms with van der Waals surface area (Å²) in [5, 5.41) is 0.461. The van der Waals surface area contributed by atoms with Crippen LogP contribution < -0.4 is 5.56 Å². The summed E-state index contributed by atoms with van der Waals surface area (Å²) in [5.41, 5.74) is 0.318. The third-order valence-corrected chi connectivity index (χ3v) is 6.22. The molecule has 1 aliphatic rings. The summed E-state index contributed by atoms with van der Waals surface area (Å²) in [7, 11) is -3.08. The summed E-state index contributed by atoms with van der Waals surface area (Å²) in [5.74, 6) is -0.130. The maximum atomic E-state index is 12.7. The number of rotatable bonds is 5. The first-order valence-corrected chi connectivity index (χ1v) is 10.2. The number of carbonyl (C=O) groups is 1. The molecule has 2 aromatic rings. The largest absolute Gasteiger partial charge is 0.337 e. The lowest BCUT2D eigenvalue weighted by molar-refractivity contribution is -0.133. The fourth-order valence-corrected chi connectivity index (χ4v) is 4.96. The maximum absolute atomic E-state index is 12.7. The molecular formula is C17H21N3O4S. The van der Waals surface area contributed by atoms with Crippen molar-refractivity contribution in [2.45, 2.75) is 32.4 Å². The minimum Gasteiger partial charge on any atom is -0.337 e. The predicted molar refractivity (Wildman–Crippen MR) is 95.1 cm³/mol. The second kappa shape index (κ2) is 6.95. The van der Waals surface area contributed by atoms with Gasteiger partial charge in [-0.1, -0.05) is 19.1 Å². The van der Waals surface area contributed by atoms with E-state index in [4.69, 9.17) is 0 Å². The normalized spacial score (nSPS) is 19.2. The zero-order valence-corrected chi connectivity index (χ0v) is 14.9. The van der Waals surface area contributed by atoms with Crippen LogP contribution in [0.3, 0.4) is 0 Å². The lowest BCUT2D eigenvalue weighted by Crippen LogP contribution is -2.44. The number of carbonyl (C=O) groups excluding carboxylic acids is 1. The molecule has 0 spiro atoms. The molecular weight excluding hydrogens is 342 g/mol. The maximum Gasteiger partial charge on any atom is 0.261 e. The van der Waals surface area contributed by atoms with E-state index in [9.17, 15) is 18.0 Å². The van der Waals surface area contributed by atoms with E-state index in [1.54, 1.807) is 29.2 Å². The molecule has 1 unspecified atom stereocenters. The van der Waals surface area contributed by atoms with Crippen LogP contribution in [-0.4, -0.2) is 52.9 Å². The van der Waals surface area contributed by atoms with Crippen LogP contribution in [-0.2, 0) is 21.2 Å². The Kier molecular flexibility index (Phi) is 4.89. The van der Waals surface area contributed by atoms with Gasteiger partial charge in [0.25, 0.3) is 5.56 Å². The van der Waals surface area contributed by atoms with Gasteiger partial charge in [0.15, 0.2) is 9.84 Å². The minimum atomic E-state index is -3.08. The highest BCUT2D eigenvalue weighted by atomic mass is 32.2. The van der Waals surface area contributed by atoms with E-state index in [-0.39, 0.29) is 35.6 Å². The lowest BCUT2D eigenvalue weighted by atomic mass is 10.2. The molecule has 1 aromatic heterocycles. The number of benzene rings is 1. The summed E-state index contributed by atoms with van der Waals surface area (Å²) < 4.78 is 24.7. The van der Waals surface area contributed by atoms with Gasteiger partial charge >= 0.3 is 0 Å². The summed E-state index contributed by atoms with van der Waals surface area (Å²) in [6.45, 7) is 2.29. The van der Waals surface area contributed by atoms with Gasteiger partial charge in [0.1, 0.15) is 6.54 Å². The second-order valence-corrected chi connectivity index (χ2v) is 8.57. The van der Waals surface area contributed by atoms with E-state index < -0.39 is 9.84 Å². The summed E-state index contributed by atoms with van der Waals surface area (Å²) in [6, 6.07) is 6.67. The van der Waals surface area contributed by atoms with Gasteiger partial charge in [0, 0.05) is 12.6 Å². The zero-order chi connectivity index (χ0) is 18.0. The summed E-state index contributed by atoms with van der Waals surface area (Å²) >= 11 is 0. The number of amides is 1. The SMILES string of the molecule is CCCN(C(=O)Cn1cnc2ccccc2c1=O)C1CCS(=O)(=O)C1. The third-order valence-electron chi connectivity index (χ3n) is 4.47. The first kappa shape index (κ1) is 17.6. The second-order valence-electron chi connectivity index (χ2n) is 6.34. The van der Waals surface area contributed by atoms with Crippen LogP contribution in [0.1, 0.15) is 19.8 Å². The Morgan fingerprint density at radius 3 is 2.80 bits per heavy atom. The van der Waals surface area contributed by atoms with Gasteiger partial charge in [-0.15, -0.1) is 0 Å². The highest BCUT2D eigenvalue weighted by Crippen LogP contribution is 2.18. The van der Waals surface area contributed by atoms with Gasteiger partial charge in [-0.2, -0.15) is 0 Å². The number of nitrogens with zero attached hydrogens (tertiary/aromatic N) is 3. The molecule has 0 bridgehead atoms. The van der Waals surface area contributed by atoms with Crippen molar-refractivity contribution >= 4 is 26.6 Å². The Morgan fingerprint density at radius 2 is 2.12 bits per heavy atom. The quantitative estimate of drug-likeness (QED) is 0.785. The molecule has 7 nitrogen and oxygen atoms in total. The monoisotopic (exact) mass is 363 g/mol. The standard InChI is InChI=1S/C17H21N3O4S/c1-2-8-20(13-7-9-25(23,24)11-13)16(21)10-19-12-18-15-6-4-3-5-14(15)17(19)22/h3-6,12-13H,2,7-11H2,1H3. The van der Waals surface area contributed by atoms with E-state index in [0.717, 1.165) is 6.42 Å². The van der Waals surface area contributed by atoms with Crippen molar-refractivity contribution in [2.24, 2.45) is 0 Å². The van der Waals surface area contributed by atoms with Crippen LogP contribution in [0.4, 0.5) is 0 Å². The summed E-state index contributed by atoms with van der Waals surface area (Å²) in [6.07, 6.45) is 2.56. The van der Waals surface area contributed by atoms with Crippen molar-refractivity contribution in [2.75, 3.05) is 18.1 Å². The van der Waals surface area contributed by atoms with Crippen LogP contribution in [0.25, 0.3) is 10.9 Å². The highest BCUT2D eigenvalue weighted by molar-refractivity contribution is 7.91. The fourth-order valence-electron chi connectivity index (χ4n) is 3.23. The lowest BCUT2D eigenvalue weighted by Gasteiger charge is -2.28. The van der Waals surface area contributed by atoms with Crippen molar-refractivity contribution in [1.82, 2.24) is 14.5 Å². The van der Waals surface area contributed by atoms with Crippen molar-refractivity contribution in [3.8, 4) is 0 Å². The number of para-hydroxylation sites is 1. The van der Waals surface area contributed by atoms with Crippen molar-refractivity contribution in [3.63, 3.8) is 0 Å². The van der Waals surface area contributed by atoms with Crippen molar-refractivity contribution in [1.29, 1.82) is 0 Å². The van der Waals surface area contributed by atoms with Crippen LogP contribution in [0, 0.1) is 0 Å². The van der Waals surface area contributed by atoms with Crippen LogP contribution in [0.5, 0.6) is 0 Å². The minimum absolute atomic E-state index is 0.00358. The van der Waals surface area contributed by atoms with Crippen LogP contribution >= 0.6 is 0 Å². The molecule has 1 aromatic carbocycles. The molecule has 1 fully saturated rings. The molecule has 1 saturated heterocycles. The first-order chi connectivity index (χ1) is 11.9. The summed E-state index contributed by atoms with van der Waals surface area (Å²) in [4.78, 5) is 31.1. The van der Waals surface area contributed by atoms with E-state index in [1.807, 2.05) is 6.92 Å².